The molecule has 2 rings (SSSR count). The Morgan fingerprint density at radius 3 is 2.47 bits per heavy atom. The smallest absolute Gasteiger partial charge is 0.306 e. The maximum atomic E-state index is 10.7. The molecular formula is C15H18N2O2. The second-order valence-corrected chi connectivity index (χ2v) is 5.28. The summed E-state index contributed by atoms with van der Waals surface area (Å²) in [5, 5.41) is 21.1. The molecule has 1 aromatic rings. The molecule has 4 nitrogen and oxygen atoms in total. The quantitative estimate of drug-likeness (QED) is 0.867. The second-order valence-electron chi connectivity index (χ2n) is 5.28. The summed E-state index contributed by atoms with van der Waals surface area (Å²) in [6, 6.07) is 6.24. The summed E-state index contributed by atoms with van der Waals surface area (Å²) in [5.41, 5.74) is 4.11. The molecule has 19 heavy (non-hydrogen) atoms. The molecule has 0 unspecified atom stereocenters. The third-order valence-corrected chi connectivity index (χ3v) is 3.88. The van der Waals surface area contributed by atoms with Gasteiger partial charge in [0.1, 0.15) is 0 Å². The lowest BCUT2D eigenvalue weighted by Crippen LogP contribution is -2.43. The number of carboxylic acid groups (broad SMARTS) is 1. The van der Waals surface area contributed by atoms with Crippen LogP contribution < -0.4 is 5.32 Å². The van der Waals surface area contributed by atoms with Gasteiger partial charge in [-0.05, 0) is 55.5 Å². The number of benzene rings is 1. The van der Waals surface area contributed by atoms with E-state index in [0.717, 1.165) is 17.7 Å². The van der Waals surface area contributed by atoms with Gasteiger partial charge in [-0.2, -0.15) is 5.26 Å². The molecular weight excluding hydrogens is 240 g/mol. The summed E-state index contributed by atoms with van der Waals surface area (Å²) in [4.78, 5) is 10.7. The molecule has 0 heterocycles. The molecule has 0 radical (unpaired) electrons. The number of carboxylic acids is 1. The fraction of sp³-hybridized carbons (Fsp3) is 0.467. The van der Waals surface area contributed by atoms with E-state index in [2.05, 4.69) is 11.4 Å². The third-order valence-electron chi connectivity index (χ3n) is 3.88. The van der Waals surface area contributed by atoms with Gasteiger partial charge in [-0.3, -0.25) is 4.79 Å². The topological polar surface area (TPSA) is 73.1 Å². The van der Waals surface area contributed by atoms with E-state index < -0.39 is 5.97 Å². The lowest BCUT2D eigenvalue weighted by Gasteiger charge is -2.33. The molecule has 0 atom stereocenters. The largest absolute Gasteiger partial charge is 0.481 e. The van der Waals surface area contributed by atoms with Crippen molar-refractivity contribution in [3.63, 3.8) is 0 Å². The number of hydrogen-bond donors (Lipinski definition) is 2. The van der Waals surface area contributed by atoms with E-state index in [-0.39, 0.29) is 5.92 Å². The highest BCUT2D eigenvalue weighted by molar-refractivity contribution is 5.71. The third kappa shape index (κ3) is 2.94. The number of aryl methyl sites for hydroxylation is 2. The van der Waals surface area contributed by atoms with Gasteiger partial charge in [-0.1, -0.05) is 0 Å². The zero-order valence-electron chi connectivity index (χ0n) is 11.2. The normalized spacial score (nSPS) is 21.5. The van der Waals surface area contributed by atoms with Crippen molar-refractivity contribution < 1.29 is 9.90 Å². The zero-order valence-corrected chi connectivity index (χ0v) is 11.2. The Morgan fingerprint density at radius 2 is 2.00 bits per heavy atom. The van der Waals surface area contributed by atoms with Gasteiger partial charge in [0.25, 0.3) is 0 Å². The Kier molecular flexibility index (Phi) is 3.87. The molecule has 1 fully saturated rings. The van der Waals surface area contributed by atoms with Crippen LogP contribution in [0.15, 0.2) is 12.1 Å². The van der Waals surface area contributed by atoms with E-state index in [1.165, 1.54) is 5.56 Å². The fourth-order valence-electron chi connectivity index (χ4n) is 2.57. The average molecular weight is 258 g/mol. The first-order chi connectivity index (χ1) is 9.01. The number of aliphatic carboxylic acids is 1. The fourth-order valence-corrected chi connectivity index (χ4v) is 2.57. The van der Waals surface area contributed by atoms with Gasteiger partial charge in [-0.15, -0.1) is 0 Å². The summed E-state index contributed by atoms with van der Waals surface area (Å²) >= 11 is 0. The van der Waals surface area contributed by atoms with Crippen molar-refractivity contribution in [2.24, 2.45) is 5.92 Å². The van der Waals surface area contributed by atoms with Crippen LogP contribution in [0.3, 0.4) is 0 Å². The molecule has 2 N–H and O–H groups in total. The Balaban J connectivity index is 1.94. The SMILES string of the molecule is Cc1cc(C#N)cc(C)c1CNC1CC(C(=O)O)C1. The first kappa shape index (κ1) is 13.6. The van der Waals surface area contributed by atoms with Crippen molar-refractivity contribution in [3.05, 3.63) is 34.4 Å². The molecule has 0 spiro atoms. The van der Waals surface area contributed by atoms with E-state index in [4.69, 9.17) is 10.4 Å². The highest BCUT2D eigenvalue weighted by Gasteiger charge is 2.33. The Hall–Kier alpha value is -1.86. The van der Waals surface area contributed by atoms with Crippen molar-refractivity contribution >= 4 is 5.97 Å². The number of nitrogens with one attached hydrogen (secondary N) is 1. The van der Waals surface area contributed by atoms with E-state index in [1.54, 1.807) is 0 Å². The van der Waals surface area contributed by atoms with Crippen molar-refractivity contribution in [1.82, 2.24) is 5.32 Å². The minimum atomic E-state index is -0.691. The molecule has 1 aliphatic rings. The van der Waals surface area contributed by atoms with E-state index in [1.807, 2.05) is 26.0 Å². The number of rotatable bonds is 4. The van der Waals surface area contributed by atoms with Gasteiger partial charge in [-0.25, -0.2) is 0 Å². The zero-order chi connectivity index (χ0) is 14.0. The molecule has 0 aromatic heterocycles. The first-order valence-corrected chi connectivity index (χ1v) is 6.47. The minimum Gasteiger partial charge on any atom is -0.481 e. The van der Waals surface area contributed by atoms with Crippen LogP contribution in [0.2, 0.25) is 0 Å². The number of hydrogen-bond acceptors (Lipinski definition) is 3. The minimum absolute atomic E-state index is 0.180. The monoisotopic (exact) mass is 258 g/mol. The van der Waals surface area contributed by atoms with Crippen molar-refractivity contribution in [2.45, 2.75) is 39.3 Å². The summed E-state index contributed by atoms with van der Waals surface area (Å²) < 4.78 is 0. The first-order valence-electron chi connectivity index (χ1n) is 6.47. The standard InChI is InChI=1S/C15H18N2O2/c1-9-3-11(7-16)4-10(2)14(9)8-17-13-5-12(6-13)15(18)19/h3-4,12-13,17H,5-6,8H2,1-2H3,(H,18,19). The molecule has 1 saturated carbocycles. The summed E-state index contributed by atoms with van der Waals surface area (Å²) in [7, 11) is 0. The second kappa shape index (κ2) is 5.41. The van der Waals surface area contributed by atoms with Crippen molar-refractivity contribution in [3.8, 4) is 6.07 Å². The summed E-state index contributed by atoms with van der Waals surface area (Å²) in [5.74, 6) is -0.871. The number of nitriles is 1. The van der Waals surface area contributed by atoms with Crippen LogP contribution in [-0.2, 0) is 11.3 Å². The van der Waals surface area contributed by atoms with Crippen LogP contribution in [0.1, 0.15) is 35.1 Å². The van der Waals surface area contributed by atoms with Gasteiger partial charge < -0.3 is 10.4 Å². The molecule has 4 heteroatoms. The molecule has 0 bridgehead atoms. The van der Waals surface area contributed by atoms with E-state index >= 15 is 0 Å². The van der Waals surface area contributed by atoms with Crippen LogP contribution >= 0.6 is 0 Å². The van der Waals surface area contributed by atoms with Crippen molar-refractivity contribution in [1.29, 1.82) is 5.26 Å². The molecule has 1 aromatic carbocycles. The van der Waals surface area contributed by atoms with Gasteiger partial charge in [0.05, 0.1) is 17.6 Å². The lowest BCUT2D eigenvalue weighted by atomic mass is 9.80. The predicted molar refractivity (Wildman–Crippen MR) is 71.6 cm³/mol. The predicted octanol–water partition coefficient (Wildman–Crippen LogP) is 2.13. The number of carbonyl (C=O) groups is 1. The van der Waals surface area contributed by atoms with Gasteiger partial charge in [0.2, 0.25) is 0 Å². The van der Waals surface area contributed by atoms with E-state index in [0.29, 0.717) is 24.4 Å². The lowest BCUT2D eigenvalue weighted by molar-refractivity contribution is -0.145. The molecule has 1 aliphatic carbocycles. The van der Waals surface area contributed by atoms with E-state index in [9.17, 15) is 4.79 Å². The highest BCUT2D eigenvalue weighted by Crippen LogP contribution is 2.28. The molecule has 100 valence electrons. The Morgan fingerprint density at radius 1 is 1.42 bits per heavy atom. The molecule has 0 aliphatic heterocycles. The van der Waals surface area contributed by atoms with Crippen LogP contribution in [-0.4, -0.2) is 17.1 Å². The van der Waals surface area contributed by atoms with Crippen LogP contribution in [0.25, 0.3) is 0 Å². The summed E-state index contributed by atoms with van der Waals surface area (Å²) in [6.07, 6.45) is 1.42. The van der Waals surface area contributed by atoms with Crippen LogP contribution in [0, 0.1) is 31.1 Å². The molecule has 0 amide bonds. The maximum Gasteiger partial charge on any atom is 0.306 e. The summed E-state index contributed by atoms with van der Waals surface area (Å²) in [6.45, 7) is 4.75. The van der Waals surface area contributed by atoms with Gasteiger partial charge >= 0.3 is 5.97 Å². The highest BCUT2D eigenvalue weighted by atomic mass is 16.4. The average Bonchev–Trinajstić information content (AvgIpc) is 2.29. The Bertz CT molecular complexity index is 517. The maximum absolute atomic E-state index is 10.7. The van der Waals surface area contributed by atoms with Gasteiger partial charge in [0, 0.05) is 12.6 Å². The Labute approximate surface area is 113 Å². The van der Waals surface area contributed by atoms with Gasteiger partial charge in [0.15, 0.2) is 0 Å². The van der Waals surface area contributed by atoms with Crippen LogP contribution in [0.4, 0.5) is 0 Å². The number of nitrogens with zero attached hydrogens (tertiary/aromatic N) is 1. The molecule has 0 saturated heterocycles. The van der Waals surface area contributed by atoms with Crippen LogP contribution in [0.5, 0.6) is 0 Å². The van der Waals surface area contributed by atoms with Crippen molar-refractivity contribution in [2.75, 3.05) is 0 Å².